The normalized spacial score (nSPS) is 13.3. The van der Waals surface area contributed by atoms with Gasteiger partial charge in [0.15, 0.2) is 22.4 Å². The molecule has 0 aliphatic carbocycles. The Morgan fingerprint density at radius 1 is 0.829 bits per heavy atom. The van der Waals surface area contributed by atoms with Crippen LogP contribution >= 0.6 is 23.2 Å². The Morgan fingerprint density at radius 3 is 1.94 bits per heavy atom. The van der Waals surface area contributed by atoms with Gasteiger partial charge in [-0.25, -0.2) is 9.59 Å². The molecular formula is C23H23Cl2N5O5. The summed E-state index contributed by atoms with van der Waals surface area (Å²) in [6, 6.07) is 13.8. The molecule has 0 N–H and O–H groups in total. The molecule has 12 heteroatoms. The molecule has 184 valence electrons. The number of carbonyl (C=O) groups is 2. The smallest absolute Gasteiger partial charge is 0.358 e. The molecule has 1 aliphatic rings. The Labute approximate surface area is 212 Å². The number of nitrogens with zero attached hydrogens (tertiary/aromatic N) is 5. The van der Waals surface area contributed by atoms with E-state index in [9.17, 15) is 9.59 Å². The molecule has 3 aromatic rings. The first-order chi connectivity index (χ1) is 16.9. The zero-order valence-corrected chi connectivity index (χ0v) is 20.6. The molecule has 0 spiro atoms. The summed E-state index contributed by atoms with van der Waals surface area (Å²) in [5, 5.41) is 15.8. The Kier molecular flexibility index (Phi) is 9.56. The van der Waals surface area contributed by atoms with Gasteiger partial charge in [-0.3, -0.25) is 0 Å². The maximum Gasteiger partial charge on any atom is 0.358 e. The quantitative estimate of drug-likeness (QED) is 0.459. The lowest BCUT2D eigenvalue weighted by Crippen LogP contribution is -2.38. The lowest BCUT2D eigenvalue weighted by Gasteiger charge is -2.32. The molecule has 0 amide bonds. The van der Waals surface area contributed by atoms with Gasteiger partial charge in [-0.05, 0) is 36.4 Å². The highest BCUT2D eigenvalue weighted by Crippen LogP contribution is 2.27. The number of rotatable bonds is 5. The largest absolute Gasteiger partial charge is 0.489 e. The third-order valence-electron chi connectivity index (χ3n) is 4.97. The minimum atomic E-state index is -0.519. The molecule has 1 aromatic carbocycles. The maximum atomic E-state index is 11.4. The number of hydrogen-bond donors (Lipinski definition) is 0. The van der Waals surface area contributed by atoms with Crippen LogP contribution in [0.25, 0.3) is 0 Å². The van der Waals surface area contributed by atoms with E-state index >= 15 is 0 Å². The first kappa shape index (κ1) is 26.1. The van der Waals surface area contributed by atoms with Crippen molar-refractivity contribution in [1.29, 1.82) is 0 Å². The molecule has 3 heterocycles. The van der Waals surface area contributed by atoms with E-state index in [1.54, 1.807) is 12.1 Å². The highest BCUT2D eigenvalue weighted by atomic mass is 35.5. The molecule has 0 unspecified atom stereocenters. The summed E-state index contributed by atoms with van der Waals surface area (Å²) in [6.07, 6.45) is 1.86. The Morgan fingerprint density at radius 2 is 1.43 bits per heavy atom. The van der Waals surface area contributed by atoms with Gasteiger partial charge < -0.3 is 19.1 Å². The number of halogens is 2. The van der Waals surface area contributed by atoms with Crippen LogP contribution in [-0.2, 0) is 9.47 Å². The number of ether oxygens (including phenoxy) is 3. The van der Waals surface area contributed by atoms with E-state index in [-0.39, 0.29) is 22.6 Å². The lowest BCUT2D eigenvalue weighted by atomic mass is 10.1. The van der Waals surface area contributed by atoms with E-state index < -0.39 is 11.9 Å². The van der Waals surface area contributed by atoms with Crippen molar-refractivity contribution in [3.05, 3.63) is 70.1 Å². The van der Waals surface area contributed by atoms with E-state index in [4.69, 9.17) is 27.9 Å². The van der Waals surface area contributed by atoms with Gasteiger partial charge in [-0.2, -0.15) is 0 Å². The van der Waals surface area contributed by atoms with Crippen molar-refractivity contribution in [3.8, 4) is 5.75 Å². The van der Waals surface area contributed by atoms with Crippen LogP contribution in [0, 0.1) is 0 Å². The van der Waals surface area contributed by atoms with Crippen molar-refractivity contribution < 1.29 is 23.8 Å². The highest BCUT2D eigenvalue weighted by Gasteiger charge is 2.22. The summed E-state index contributed by atoms with van der Waals surface area (Å²) in [6.45, 7) is 1.61. The second-order valence-corrected chi connectivity index (χ2v) is 8.03. The number of aromatic nitrogens is 4. The molecule has 2 aromatic heterocycles. The van der Waals surface area contributed by atoms with Crippen molar-refractivity contribution in [1.82, 2.24) is 20.4 Å². The van der Waals surface area contributed by atoms with Crippen molar-refractivity contribution in [2.45, 2.75) is 18.9 Å². The van der Waals surface area contributed by atoms with E-state index in [1.807, 2.05) is 24.3 Å². The number of para-hydroxylation sites is 1. The fourth-order valence-electron chi connectivity index (χ4n) is 3.16. The average molecular weight is 520 g/mol. The molecule has 0 bridgehead atoms. The van der Waals surface area contributed by atoms with Crippen LogP contribution in [-0.4, -0.2) is 65.7 Å². The summed E-state index contributed by atoms with van der Waals surface area (Å²) >= 11 is 11.6. The maximum absolute atomic E-state index is 11.4. The van der Waals surface area contributed by atoms with Gasteiger partial charge in [-0.1, -0.05) is 35.3 Å². The molecule has 1 aliphatic heterocycles. The Hall–Kier alpha value is -3.50. The highest BCUT2D eigenvalue weighted by molar-refractivity contribution is 6.32. The number of methoxy groups -OCH3 is 2. The number of anilines is 1. The summed E-state index contributed by atoms with van der Waals surface area (Å²) < 4.78 is 15.0. The van der Waals surface area contributed by atoms with E-state index in [2.05, 4.69) is 34.8 Å². The van der Waals surface area contributed by atoms with Crippen molar-refractivity contribution in [2.75, 3.05) is 32.2 Å². The first-order valence-corrected chi connectivity index (χ1v) is 11.3. The lowest BCUT2D eigenvalue weighted by molar-refractivity contribution is 0.0584. The van der Waals surface area contributed by atoms with Crippen LogP contribution in [0.4, 0.5) is 5.82 Å². The second kappa shape index (κ2) is 12.8. The van der Waals surface area contributed by atoms with Crippen LogP contribution in [0.2, 0.25) is 10.2 Å². The zero-order valence-electron chi connectivity index (χ0n) is 19.1. The van der Waals surface area contributed by atoms with Crippen LogP contribution < -0.4 is 9.64 Å². The third kappa shape index (κ3) is 7.49. The number of piperidine rings is 1. The van der Waals surface area contributed by atoms with Gasteiger partial charge in [0.1, 0.15) is 11.9 Å². The predicted molar refractivity (Wildman–Crippen MR) is 129 cm³/mol. The van der Waals surface area contributed by atoms with Crippen LogP contribution in [0.3, 0.4) is 0 Å². The first-order valence-electron chi connectivity index (χ1n) is 10.6. The monoisotopic (exact) mass is 519 g/mol. The van der Waals surface area contributed by atoms with Crippen LogP contribution in [0.1, 0.15) is 33.8 Å². The summed E-state index contributed by atoms with van der Waals surface area (Å²) in [5.74, 6) is 0.466. The number of esters is 2. The molecular weight excluding hydrogens is 497 g/mol. The van der Waals surface area contributed by atoms with Crippen LogP contribution in [0.5, 0.6) is 5.75 Å². The standard InChI is InChI=1S/C17H18ClN3O3.C6H5ClN2O2/c1-23-17(22)14-6-7-16(20-19-14)21-10-8-12(9-11-21)24-15-5-3-2-4-13(15)18;1-11-6(10)4-2-3-5(7)9-8-4/h2-7,12H,8-11H2,1H3;2-3H,1H3. The fourth-order valence-corrected chi connectivity index (χ4v) is 3.44. The fraction of sp³-hybridized carbons (Fsp3) is 0.304. The van der Waals surface area contributed by atoms with Gasteiger partial charge >= 0.3 is 11.9 Å². The molecule has 0 radical (unpaired) electrons. The number of carbonyl (C=O) groups excluding carboxylic acids is 2. The molecule has 1 saturated heterocycles. The SMILES string of the molecule is COC(=O)c1ccc(Cl)nn1.COC(=O)c1ccc(N2CCC(Oc3ccccc3Cl)CC2)nn1. The topological polar surface area (TPSA) is 117 Å². The summed E-state index contributed by atoms with van der Waals surface area (Å²) in [4.78, 5) is 24.3. The van der Waals surface area contributed by atoms with Crippen molar-refractivity contribution in [2.24, 2.45) is 0 Å². The van der Waals surface area contributed by atoms with Crippen molar-refractivity contribution in [3.63, 3.8) is 0 Å². The average Bonchev–Trinajstić information content (AvgIpc) is 2.90. The molecule has 4 rings (SSSR count). The van der Waals surface area contributed by atoms with E-state index in [1.165, 1.54) is 26.4 Å². The molecule has 0 saturated carbocycles. The van der Waals surface area contributed by atoms with Crippen LogP contribution in [0.15, 0.2) is 48.5 Å². The van der Waals surface area contributed by atoms with Gasteiger partial charge in [0, 0.05) is 25.9 Å². The van der Waals surface area contributed by atoms with Gasteiger partial charge in [0.05, 0.1) is 19.2 Å². The minimum absolute atomic E-state index is 0.128. The molecule has 1 fully saturated rings. The number of hydrogen-bond acceptors (Lipinski definition) is 10. The van der Waals surface area contributed by atoms with Gasteiger partial charge in [0.2, 0.25) is 0 Å². The molecule has 0 atom stereocenters. The number of benzene rings is 1. The van der Waals surface area contributed by atoms with Gasteiger partial charge in [-0.15, -0.1) is 20.4 Å². The predicted octanol–water partition coefficient (Wildman–Crippen LogP) is 3.88. The van der Waals surface area contributed by atoms with E-state index in [0.717, 1.165) is 37.5 Å². The van der Waals surface area contributed by atoms with E-state index in [0.29, 0.717) is 5.02 Å². The van der Waals surface area contributed by atoms with Gasteiger partial charge in [0.25, 0.3) is 0 Å². The zero-order chi connectivity index (χ0) is 25.2. The summed E-state index contributed by atoms with van der Waals surface area (Å²) in [7, 11) is 2.60. The molecule has 10 nitrogen and oxygen atoms in total. The molecule has 35 heavy (non-hydrogen) atoms. The second-order valence-electron chi connectivity index (χ2n) is 7.24. The third-order valence-corrected chi connectivity index (χ3v) is 5.48. The summed E-state index contributed by atoms with van der Waals surface area (Å²) in [5.41, 5.74) is 0.357. The van der Waals surface area contributed by atoms with Crippen molar-refractivity contribution >= 4 is 41.0 Å². The Balaban J connectivity index is 0.000000261. The Bertz CT molecular complexity index is 1120. The minimum Gasteiger partial charge on any atom is -0.489 e.